The Balaban J connectivity index is 1.13. The number of carbonyl (C=O) groups is 3. The van der Waals surface area contributed by atoms with Crippen LogP contribution in [0.5, 0.6) is 0 Å². The summed E-state index contributed by atoms with van der Waals surface area (Å²) >= 11 is 6.51. The fourth-order valence-electron chi connectivity index (χ4n) is 7.19. The molecule has 2 unspecified atom stereocenters. The molecule has 7 rings (SSSR count). The molecule has 0 bridgehead atoms. The topological polar surface area (TPSA) is 102 Å². The third-order valence-electron chi connectivity index (χ3n) is 9.29. The van der Waals surface area contributed by atoms with E-state index in [0.717, 1.165) is 31.4 Å². The molecule has 39 heavy (non-hydrogen) atoms. The summed E-state index contributed by atoms with van der Waals surface area (Å²) in [7, 11) is 0. The number of H-pyrrole nitrogens is 1. The van der Waals surface area contributed by atoms with E-state index in [0.29, 0.717) is 34.3 Å². The summed E-state index contributed by atoms with van der Waals surface area (Å²) in [5.74, 6) is -0.0703. The second-order valence-electron chi connectivity index (χ2n) is 11.3. The molecule has 1 aliphatic carbocycles. The number of hydrogen-bond donors (Lipinski definition) is 1. The number of rotatable bonds is 3. The molecule has 9 nitrogen and oxygen atoms in total. The number of carbonyl (C=O) groups excluding carboxylic acids is 3. The number of hydrogen-bond acceptors (Lipinski definition) is 5. The van der Waals surface area contributed by atoms with E-state index in [1.165, 1.54) is 17.4 Å². The molecule has 1 aromatic carbocycles. The standard InChI is InChI=1S/C28H28ClFN6O3/c29-25-18(30)4-7-22-24(25)28(27(39)36(22)15-23(37)35-13-16-2-1-3-17(16)14-35)8-10-34(11-9-28)26(38)20-6-5-19-21(32-20)12-31-33-19/h4-7,12,16-17H,1-3,8-11,13-15H2,(H,31,33). The van der Waals surface area contributed by atoms with Crippen LogP contribution < -0.4 is 4.90 Å². The van der Waals surface area contributed by atoms with E-state index < -0.39 is 11.2 Å². The van der Waals surface area contributed by atoms with Gasteiger partial charge in [0, 0.05) is 31.7 Å². The molecule has 1 N–H and O–H groups in total. The quantitative estimate of drug-likeness (QED) is 0.537. The number of nitrogens with zero attached hydrogens (tertiary/aromatic N) is 5. The van der Waals surface area contributed by atoms with Gasteiger partial charge in [-0.2, -0.15) is 5.10 Å². The highest BCUT2D eigenvalue weighted by Gasteiger charge is 2.55. The van der Waals surface area contributed by atoms with Gasteiger partial charge in [0.2, 0.25) is 11.8 Å². The predicted molar refractivity (Wildman–Crippen MR) is 142 cm³/mol. The largest absolute Gasteiger partial charge is 0.341 e. The second-order valence-corrected chi connectivity index (χ2v) is 11.6. The van der Waals surface area contributed by atoms with Gasteiger partial charge in [-0.3, -0.25) is 19.5 Å². The predicted octanol–water partition coefficient (Wildman–Crippen LogP) is 3.53. The monoisotopic (exact) mass is 550 g/mol. The van der Waals surface area contributed by atoms with Gasteiger partial charge < -0.3 is 14.7 Å². The van der Waals surface area contributed by atoms with Crippen molar-refractivity contribution in [3.63, 3.8) is 0 Å². The first kappa shape index (κ1) is 24.5. The maximum atomic E-state index is 14.7. The molecule has 11 heteroatoms. The number of pyridine rings is 1. The lowest BCUT2D eigenvalue weighted by Crippen LogP contribution is -2.51. The molecule has 1 spiro atoms. The average Bonchev–Trinajstić information content (AvgIpc) is 3.71. The van der Waals surface area contributed by atoms with Crippen LogP contribution in [0.25, 0.3) is 11.0 Å². The molecule has 2 atom stereocenters. The Morgan fingerprint density at radius 2 is 1.82 bits per heavy atom. The van der Waals surface area contributed by atoms with Gasteiger partial charge in [0.15, 0.2) is 0 Å². The molecule has 4 aliphatic rings. The van der Waals surface area contributed by atoms with Gasteiger partial charge in [-0.05, 0) is 61.8 Å². The van der Waals surface area contributed by atoms with E-state index in [2.05, 4.69) is 15.2 Å². The highest BCUT2D eigenvalue weighted by Crippen LogP contribution is 2.51. The summed E-state index contributed by atoms with van der Waals surface area (Å²) in [6, 6.07) is 6.21. The smallest absolute Gasteiger partial charge is 0.272 e. The number of nitrogens with one attached hydrogen (secondary N) is 1. The third-order valence-corrected chi connectivity index (χ3v) is 9.66. The minimum absolute atomic E-state index is 0.0849. The van der Waals surface area contributed by atoms with E-state index >= 15 is 0 Å². The third kappa shape index (κ3) is 3.75. The zero-order valence-electron chi connectivity index (χ0n) is 21.3. The van der Waals surface area contributed by atoms with Crippen molar-refractivity contribution in [1.29, 1.82) is 0 Å². The molecule has 3 aliphatic heterocycles. The number of aromatic amines is 1. The highest BCUT2D eigenvalue weighted by atomic mass is 35.5. The first-order valence-electron chi connectivity index (χ1n) is 13.5. The van der Waals surface area contributed by atoms with Gasteiger partial charge in [-0.25, -0.2) is 9.37 Å². The SMILES string of the molecule is O=C(CN1C(=O)C2(CCN(C(=O)c3ccc4[nH]ncc4n3)CC2)c2c1ccc(F)c2Cl)N1CC2CCCC2C1. The number of halogens is 2. The minimum Gasteiger partial charge on any atom is -0.341 e. The molecule has 3 aromatic rings. The molecular formula is C28H28ClFN6O3. The zero-order valence-corrected chi connectivity index (χ0v) is 22.1. The van der Waals surface area contributed by atoms with Crippen LogP contribution >= 0.6 is 11.6 Å². The molecule has 3 amide bonds. The van der Waals surface area contributed by atoms with Gasteiger partial charge in [-0.15, -0.1) is 0 Å². The molecule has 1 saturated carbocycles. The van der Waals surface area contributed by atoms with Crippen molar-refractivity contribution in [2.75, 3.05) is 37.6 Å². The Labute approximate surface area is 229 Å². The van der Waals surface area contributed by atoms with Crippen molar-refractivity contribution in [2.24, 2.45) is 11.8 Å². The van der Waals surface area contributed by atoms with Crippen molar-refractivity contribution < 1.29 is 18.8 Å². The number of benzene rings is 1. The Bertz CT molecular complexity index is 1500. The van der Waals surface area contributed by atoms with Crippen molar-refractivity contribution in [2.45, 2.75) is 37.5 Å². The van der Waals surface area contributed by atoms with Crippen molar-refractivity contribution in [3.8, 4) is 0 Å². The summed E-state index contributed by atoms with van der Waals surface area (Å²) < 4.78 is 14.7. The lowest BCUT2D eigenvalue weighted by Gasteiger charge is -2.38. The van der Waals surface area contributed by atoms with Crippen LogP contribution in [0.4, 0.5) is 10.1 Å². The van der Waals surface area contributed by atoms with Gasteiger partial charge >= 0.3 is 0 Å². The number of fused-ring (bicyclic) bond motifs is 4. The summed E-state index contributed by atoms with van der Waals surface area (Å²) in [6.45, 7) is 1.94. The van der Waals surface area contributed by atoms with Crippen molar-refractivity contribution >= 4 is 46.0 Å². The summed E-state index contributed by atoms with van der Waals surface area (Å²) in [6.07, 6.45) is 5.64. The molecule has 2 saturated heterocycles. The molecule has 2 aromatic heterocycles. The van der Waals surface area contributed by atoms with Crippen LogP contribution in [0.2, 0.25) is 5.02 Å². The summed E-state index contributed by atoms with van der Waals surface area (Å²) in [4.78, 5) is 50.1. The highest BCUT2D eigenvalue weighted by molar-refractivity contribution is 6.33. The van der Waals surface area contributed by atoms with Crippen LogP contribution in [0.1, 0.15) is 48.2 Å². The summed E-state index contributed by atoms with van der Waals surface area (Å²) in [5, 5.41) is 6.68. The van der Waals surface area contributed by atoms with Gasteiger partial charge in [0.05, 0.1) is 27.8 Å². The molecule has 0 radical (unpaired) electrons. The molecule has 5 heterocycles. The lowest BCUT2D eigenvalue weighted by atomic mass is 9.73. The fraction of sp³-hybridized carbons (Fsp3) is 0.464. The maximum Gasteiger partial charge on any atom is 0.272 e. The van der Waals surface area contributed by atoms with E-state index in [4.69, 9.17) is 11.6 Å². The molecular weight excluding hydrogens is 523 g/mol. The summed E-state index contributed by atoms with van der Waals surface area (Å²) in [5.41, 5.74) is 1.47. The van der Waals surface area contributed by atoms with Crippen LogP contribution in [-0.2, 0) is 15.0 Å². The van der Waals surface area contributed by atoms with Gasteiger partial charge in [-0.1, -0.05) is 18.0 Å². The number of anilines is 1. The number of aromatic nitrogens is 3. The van der Waals surface area contributed by atoms with E-state index in [1.807, 2.05) is 4.90 Å². The molecule has 202 valence electrons. The molecule has 3 fully saturated rings. The Kier molecular flexibility index (Phi) is 5.66. The fourth-order valence-corrected chi connectivity index (χ4v) is 7.53. The number of amides is 3. The van der Waals surface area contributed by atoms with Crippen LogP contribution in [0.3, 0.4) is 0 Å². The Morgan fingerprint density at radius 1 is 1.08 bits per heavy atom. The first-order chi connectivity index (χ1) is 18.9. The van der Waals surface area contributed by atoms with Crippen LogP contribution in [-0.4, -0.2) is 75.4 Å². The van der Waals surface area contributed by atoms with E-state index in [-0.39, 0.29) is 55.2 Å². The van der Waals surface area contributed by atoms with E-state index in [1.54, 1.807) is 29.3 Å². The first-order valence-corrected chi connectivity index (χ1v) is 13.9. The van der Waals surface area contributed by atoms with Crippen molar-refractivity contribution in [3.05, 3.63) is 52.6 Å². The second kappa shape index (κ2) is 9.01. The van der Waals surface area contributed by atoms with Gasteiger partial charge in [0.25, 0.3) is 5.91 Å². The lowest BCUT2D eigenvalue weighted by molar-refractivity contribution is -0.132. The Hall–Kier alpha value is -3.53. The average molecular weight is 551 g/mol. The zero-order chi connectivity index (χ0) is 26.9. The number of piperidine rings is 1. The van der Waals surface area contributed by atoms with E-state index in [9.17, 15) is 18.8 Å². The van der Waals surface area contributed by atoms with Crippen LogP contribution in [0, 0.1) is 17.7 Å². The van der Waals surface area contributed by atoms with Crippen molar-refractivity contribution in [1.82, 2.24) is 25.0 Å². The maximum absolute atomic E-state index is 14.7. The van der Waals surface area contributed by atoms with Gasteiger partial charge in [0.1, 0.15) is 23.6 Å². The Morgan fingerprint density at radius 3 is 2.56 bits per heavy atom. The normalized spacial score (nSPS) is 23.6. The number of likely N-dealkylation sites (tertiary alicyclic amines) is 2. The van der Waals surface area contributed by atoms with Crippen LogP contribution in [0.15, 0.2) is 30.5 Å². The minimum atomic E-state index is -1.09.